The van der Waals surface area contributed by atoms with Gasteiger partial charge in [-0.25, -0.2) is 0 Å². The van der Waals surface area contributed by atoms with Gasteiger partial charge in [0.15, 0.2) is 5.78 Å². The Balaban J connectivity index is 1.75. The molecule has 0 spiro atoms. The number of rotatable bonds is 4. The Morgan fingerprint density at radius 2 is 1.56 bits per heavy atom. The minimum Gasteiger partial charge on any atom is -0.491 e. The second kappa shape index (κ2) is 6.54. The smallest absolute Gasteiger partial charge is 0.194 e. The number of hydrogen-bond acceptors (Lipinski definition) is 3. The molecule has 124 valence electrons. The minimum atomic E-state index is -0.0120. The minimum absolute atomic E-state index is 0.0120. The molecule has 3 nitrogen and oxygen atoms in total. The number of aliphatic hydroxyl groups is 1. The zero-order valence-electron chi connectivity index (χ0n) is 13.7. The highest BCUT2D eigenvalue weighted by atomic mass is 16.5. The van der Waals surface area contributed by atoms with Crippen molar-refractivity contribution in [3.05, 3.63) is 89.0 Å². The lowest BCUT2D eigenvalue weighted by atomic mass is 9.81. The number of carbonyl (C=O) groups is 1. The van der Waals surface area contributed by atoms with E-state index in [9.17, 15) is 4.79 Å². The largest absolute Gasteiger partial charge is 0.491 e. The first-order chi connectivity index (χ1) is 12.3. The number of aliphatic hydroxyl groups excluding tert-OH is 1. The Bertz CT molecular complexity index is 926. The first kappa shape index (κ1) is 15.6. The van der Waals surface area contributed by atoms with Crippen molar-refractivity contribution in [3.63, 3.8) is 0 Å². The van der Waals surface area contributed by atoms with Gasteiger partial charge in [-0.3, -0.25) is 4.79 Å². The van der Waals surface area contributed by atoms with Crippen LogP contribution in [0.5, 0.6) is 5.75 Å². The molecule has 1 aliphatic rings. The lowest BCUT2D eigenvalue weighted by Crippen LogP contribution is -2.16. The molecule has 0 radical (unpaired) electrons. The molecule has 3 aromatic carbocycles. The molecule has 1 N–H and O–H groups in total. The summed E-state index contributed by atoms with van der Waals surface area (Å²) in [5.74, 6) is 0.798. The summed E-state index contributed by atoms with van der Waals surface area (Å²) in [6.07, 6.45) is 0.781. The van der Waals surface area contributed by atoms with E-state index >= 15 is 0 Å². The van der Waals surface area contributed by atoms with Crippen LogP contribution < -0.4 is 4.74 Å². The monoisotopic (exact) mass is 330 g/mol. The van der Waals surface area contributed by atoms with Crippen molar-refractivity contribution in [2.45, 2.75) is 6.42 Å². The van der Waals surface area contributed by atoms with Crippen LogP contribution in [0.25, 0.3) is 11.1 Å². The normalized spacial score (nSPS) is 12.4. The van der Waals surface area contributed by atoms with Crippen LogP contribution in [0.3, 0.4) is 0 Å². The van der Waals surface area contributed by atoms with Gasteiger partial charge in [-0.15, -0.1) is 0 Å². The Hall–Kier alpha value is -2.91. The summed E-state index contributed by atoms with van der Waals surface area (Å²) in [7, 11) is 0. The van der Waals surface area contributed by atoms with Crippen LogP contribution in [-0.4, -0.2) is 24.1 Å². The molecule has 25 heavy (non-hydrogen) atoms. The number of benzene rings is 3. The van der Waals surface area contributed by atoms with Gasteiger partial charge in [0.05, 0.1) is 6.61 Å². The average molecular weight is 330 g/mol. The van der Waals surface area contributed by atoms with Gasteiger partial charge >= 0.3 is 0 Å². The van der Waals surface area contributed by atoms with E-state index in [-0.39, 0.29) is 19.0 Å². The van der Waals surface area contributed by atoms with E-state index in [1.807, 2.05) is 66.7 Å². The summed E-state index contributed by atoms with van der Waals surface area (Å²) in [6, 6.07) is 21.5. The first-order valence-electron chi connectivity index (χ1n) is 8.36. The van der Waals surface area contributed by atoms with E-state index in [4.69, 9.17) is 9.84 Å². The second-order valence-corrected chi connectivity index (χ2v) is 6.10. The molecule has 0 atom stereocenters. The molecule has 0 aromatic heterocycles. The fraction of sp³-hybridized carbons (Fsp3) is 0.136. The maximum Gasteiger partial charge on any atom is 0.194 e. The number of carbonyl (C=O) groups excluding carboxylic acids is 1. The maximum absolute atomic E-state index is 13.1. The third-order valence-electron chi connectivity index (χ3n) is 4.55. The Morgan fingerprint density at radius 1 is 0.840 bits per heavy atom. The average Bonchev–Trinajstić information content (AvgIpc) is 2.66. The Morgan fingerprint density at radius 3 is 2.36 bits per heavy atom. The summed E-state index contributed by atoms with van der Waals surface area (Å²) in [6.45, 7) is 0.261. The Labute approximate surface area is 146 Å². The molecule has 0 amide bonds. The third kappa shape index (κ3) is 2.83. The standard InChI is InChI=1S/C22H18O3/c23-12-13-25-18-10-8-15(9-11-18)19-7-3-5-17-14-16-4-1-2-6-20(16)22(24)21(17)19/h1-11,23H,12-14H2. The first-order valence-corrected chi connectivity index (χ1v) is 8.36. The topological polar surface area (TPSA) is 46.5 Å². The van der Waals surface area contributed by atoms with Gasteiger partial charge in [-0.1, -0.05) is 54.6 Å². The maximum atomic E-state index is 13.1. The molecule has 0 heterocycles. The molecule has 0 saturated carbocycles. The van der Waals surface area contributed by atoms with E-state index in [1.165, 1.54) is 0 Å². The van der Waals surface area contributed by atoms with Gasteiger partial charge in [0.1, 0.15) is 12.4 Å². The summed E-state index contributed by atoms with van der Waals surface area (Å²) >= 11 is 0. The number of ketones is 1. The predicted molar refractivity (Wildman–Crippen MR) is 97.1 cm³/mol. The highest BCUT2D eigenvalue weighted by Crippen LogP contribution is 2.34. The molecule has 0 bridgehead atoms. The van der Waals surface area contributed by atoms with E-state index < -0.39 is 0 Å². The molecule has 3 aromatic rings. The van der Waals surface area contributed by atoms with Crippen molar-refractivity contribution in [3.8, 4) is 16.9 Å². The van der Waals surface area contributed by atoms with Crippen molar-refractivity contribution in [1.29, 1.82) is 0 Å². The highest BCUT2D eigenvalue weighted by molar-refractivity contribution is 6.16. The van der Waals surface area contributed by atoms with E-state index in [1.54, 1.807) is 0 Å². The summed E-state index contributed by atoms with van der Waals surface area (Å²) in [5, 5.41) is 8.84. The second-order valence-electron chi connectivity index (χ2n) is 6.10. The lowest BCUT2D eigenvalue weighted by molar-refractivity contribution is 0.103. The van der Waals surface area contributed by atoms with E-state index in [2.05, 4.69) is 0 Å². The van der Waals surface area contributed by atoms with Crippen LogP contribution >= 0.6 is 0 Å². The Kier molecular flexibility index (Phi) is 4.08. The van der Waals surface area contributed by atoms with Gasteiger partial charge < -0.3 is 9.84 Å². The SMILES string of the molecule is O=C1c2ccccc2Cc2cccc(-c3ccc(OCCO)cc3)c21. The molecular formula is C22H18O3. The quantitative estimate of drug-likeness (QED) is 0.618. The van der Waals surface area contributed by atoms with Crippen molar-refractivity contribution >= 4 is 5.78 Å². The number of hydrogen-bond donors (Lipinski definition) is 1. The highest BCUT2D eigenvalue weighted by Gasteiger charge is 2.25. The summed E-state index contributed by atoms with van der Waals surface area (Å²) in [5.41, 5.74) is 5.69. The third-order valence-corrected chi connectivity index (χ3v) is 4.55. The van der Waals surface area contributed by atoms with Gasteiger partial charge in [-0.2, -0.15) is 0 Å². The predicted octanol–water partition coefficient (Wildman–Crippen LogP) is 3.86. The zero-order valence-corrected chi connectivity index (χ0v) is 13.7. The van der Waals surface area contributed by atoms with Gasteiger partial charge in [0, 0.05) is 11.1 Å². The van der Waals surface area contributed by atoms with Crippen molar-refractivity contribution in [1.82, 2.24) is 0 Å². The van der Waals surface area contributed by atoms with Crippen LogP contribution in [0.2, 0.25) is 0 Å². The van der Waals surface area contributed by atoms with Crippen LogP contribution in [0, 0.1) is 0 Å². The van der Waals surface area contributed by atoms with Gasteiger partial charge in [-0.05, 0) is 40.8 Å². The fourth-order valence-electron chi connectivity index (χ4n) is 3.39. The van der Waals surface area contributed by atoms with E-state index in [0.717, 1.165) is 39.8 Å². The molecule has 0 aliphatic heterocycles. The molecule has 1 aliphatic carbocycles. The molecule has 3 heteroatoms. The molecule has 0 fully saturated rings. The molecule has 0 unspecified atom stereocenters. The van der Waals surface area contributed by atoms with E-state index in [0.29, 0.717) is 5.75 Å². The molecule has 0 saturated heterocycles. The van der Waals surface area contributed by atoms with Crippen LogP contribution in [0.15, 0.2) is 66.7 Å². The van der Waals surface area contributed by atoms with Crippen molar-refractivity contribution < 1.29 is 14.6 Å². The van der Waals surface area contributed by atoms with Crippen molar-refractivity contribution in [2.75, 3.05) is 13.2 Å². The van der Waals surface area contributed by atoms with Crippen LogP contribution in [0.1, 0.15) is 27.0 Å². The zero-order chi connectivity index (χ0) is 17.2. The van der Waals surface area contributed by atoms with Crippen LogP contribution in [0.4, 0.5) is 0 Å². The summed E-state index contributed by atoms with van der Waals surface area (Å²) in [4.78, 5) is 13.1. The van der Waals surface area contributed by atoms with Crippen LogP contribution in [-0.2, 0) is 6.42 Å². The molecule has 4 rings (SSSR count). The summed E-state index contributed by atoms with van der Waals surface area (Å²) < 4.78 is 5.41. The van der Waals surface area contributed by atoms with Gasteiger partial charge in [0.2, 0.25) is 0 Å². The lowest BCUT2D eigenvalue weighted by Gasteiger charge is -2.21. The number of ether oxygens (including phenoxy) is 1. The van der Waals surface area contributed by atoms with Gasteiger partial charge in [0.25, 0.3) is 0 Å². The molecular weight excluding hydrogens is 312 g/mol. The number of fused-ring (bicyclic) bond motifs is 2. The van der Waals surface area contributed by atoms with Crippen molar-refractivity contribution in [2.24, 2.45) is 0 Å². The fourth-order valence-corrected chi connectivity index (χ4v) is 3.39.